The molecule has 2 unspecified atom stereocenters. The number of aromatic nitrogens is 6. The van der Waals surface area contributed by atoms with Crippen molar-refractivity contribution < 1.29 is 24.9 Å². The molecule has 4 aliphatic carbocycles. The van der Waals surface area contributed by atoms with Crippen LogP contribution in [-0.2, 0) is 22.5 Å². The summed E-state index contributed by atoms with van der Waals surface area (Å²) < 4.78 is 10.1. The molecule has 15 heteroatoms. The Hall–Kier alpha value is -4.54. The van der Waals surface area contributed by atoms with E-state index in [-0.39, 0.29) is 34.0 Å². The van der Waals surface area contributed by atoms with E-state index in [2.05, 4.69) is 54.0 Å². The summed E-state index contributed by atoms with van der Waals surface area (Å²) in [6.07, 6.45) is 8.37. The summed E-state index contributed by atoms with van der Waals surface area (Å²) in [7, 11) is 1.96. The van der Waals surface area contributed by atoms with Crippen LogP contribution in [0, 0.1) is 30.1 Å². The van der Waals surface area contributed by atoms with Gasteiger partial charge in [0.05, 0.1) is 35.0 Å². The molecule has 5 aromatic rings. The number of aliphatic hydroxyl groups excluding tert-OH is 1. The molecule has 59 heavy (non-hydrogen) atoms. The summed E-state index contributed by atoms with van der Waals surface area (Å²) in [5.41, 5.74) is 5.74. The zero-order valence-corrected chi connectivity index (χ0v) is 35.5. The third kappa shape index (κ3) is 7.60. The molecule has 4 fully saturated rings. The maximum atomic E-state index is 11.1. The van der Waals surface area contributed by atoms with Crippen LogP contribution < -0.4 is 10.2 Å². The van der Waals surface area contributed by atoms with Gasteiger partial charge < -0.3 is 35.2 Å². The van der Waals surface area contributed by atoms with Gasteiger partial charge in [-0.2, -0.15) is 5.10 Å². The Morgan fingerprint density at radius 2 is 1.76 bits per heavy atom. The first kappa shape index (κ1) is 39.9. The number of para-hydroxylation sites is 1. The zero-order chi connectivity index (χ0) is 41.3. The monoisotopic (exact) mass is 821 g/mol. The molecule has 0 amide bonds. The fourth-order valence-corrected chi connectivity index (χ4v) is 13.0. The molecule has 1 aromatic carbocycles. The van der Waals surface area contributed by atoms with Crippen molar-refractivity contribution in [2.45, 2.75) is 104 Å². The molecular weight excluding hydrogens is 767 g/mol. The van der Waals surface area contributed by atoms with Crippen LogP contribution in [0.2, 0.25) is 0 Å². The second-order valence-corrected chi connectivity index (χ2v) is 19.8. The number of carboxylic acid groups (broad SMARTS) is 1. The number of hydrogen-bond acceptors (Lipinski definition) is 13. The van der Waals surface area contributed by atoms with Crippen molar-refractivity contribution in [3.8, 4) is 11.1 Å². The Bertz CT molecular complexity index is 2360. The van der Waals surface area contributed by atoms with Crippen molar-refractivity contribution in [1.29, 1.82) is 0 Å². The first-order valence-corrected chi connectivity index (χ1v) is 21.7. The maximum Gasteiger partial charge on any atom is 0.304 e. The van der Waals surface area contributed by atoms with E-state index in [4.69, 9.17) is 24.9 Å². The van der Waals surface area contributed by atoms with E-state index < -0.39 is 12.3 Å². The van der Waals surface area contributed by atoms with Crippen molar-refractivity contribution in [3.63, 3.8) is 0 Å². The molecule has 10 rings (SSSR count). The molecule has 0 spiro atoms. The number of nitrogens with one attached hydrogen (secondary N) is 1. The summed E-state index contributed by atoms with van der Waals surface area (Å²) in [6, 6.07) is 11.9. The topological polar surface area (TPSA) is 175 Å². The van der Waals surface area contributed by atoms with E-state index in [0.717, 1.165) is 95.0 Å². The Kier molecular flexibility index (Phi) is 10.1. The van der Waals surface area contributed by atoms with Crippen molar-refractivity contribution in [1.82, 2.24) is 34.8 Å². The molecule has 2 atom stereocenters. The standard InChI is InChI=1S/C44H55N9O5S/c1-27-29-9-8-15-52(38(29)50-49-37(27)48-40-46-32-10-6-7-11-33(32)59-40)34-13-12-30(36(47-34)39(56)57)31-19-45-53(28(31)2)26-43-21-41(3)20-42(4,22-43)24-44(23-41,25-43)58-18-17-51(5)16-14-35(54)55/h6-7,10-13,19,39,56-57H,8-9,14-18,20-26H2,1-5H3,(H,54,55)(H,46,48,49). The van der Waals surface area contributed by atoms with Crippen LogP contribution in [0.3, 0.4) is 0 Å². The lowest BCUT2D eigenvalue weighted by Gasteiger charge is -2.69. The number of thiazole rings is 1. The number of carbonyl (C=O) groups is 1. The largest absolute Gasteiger partial charge is 0.481 e. The van der Waals surface area contributed by atoms with Gasteiger partial charge in [-0.05, 0) is 113 Å². The number of ether oxygens (including phenoxy) is 1. The number of pyridine rings is 1. The quantitative estimate of drug-likeness (QED) is 0.0822. The summed E-state index contributed by atoms with van der Waals surface area (Å²) in [5, 5.41) is 49.1. The van der Waals surface area contributed by atoms with E-state index in [1.807, 2.05) is 53.4 Å². The molecule has 4 bridgehead atoms. The van der Waals surface area contributed by atoms with Crippen LogP contribution in [0.4, 0.5) is 22.6 Å². The number of fused-ring (bicyclic) bond motifs is 2. The summed E-state index contributed by atoms with van der Waals surface area (Å²) >= 11 is 1.58. The number of hydrogen-bond donors (Lipinski definition) is 4. The number of rotatable bonds is 14. The molecule has 0 saturated heterocycles. The fraction of sp³-hybridized carbons (Fsp3) is 0.545. The lowest BCUT2D eigenvalue weighted by atomic mass is 9.39. The molecule has 4 aromatic heterocycles. The van der Waals surface area contributed by atoms with E-state index in [0.29, 0.717) is 43.4 Å². The molecule has 5 heterocycles. The maximum absolute atomic E-state index is 11.1. The molecule has 1 aliphatic heterocycles. The normalized spacial score (nSPS) is 26.0. The van der Waals surface area contributed by atoms with Crippen molar-refractivity contribution in [2.75, 3.05) is 43.5 Å². The van der Waals surface area contributed by atoms with E-state index >= 15 is 0 Å². The minimum atomic E-state index is -1.80. The zero-order valence-electron chi connectivity index (χ0n) is 34.7. The minimum Gasteiger partial charge on any atom is -0.481 e. The predicted octanol–water partition coefficient (Wildman–Crippen LogP) is 7.32. The molecule has 4 N–H and O–H groups in total. The molecule has 0 radical (unpaired) electrons. The predicted molar refractivity (Wildman–Crippen MR) is 227 cm³/mol. The highest BCUT2D eigenvalue weighted by Crippen LogP contribution is 2.72. The van der Waals surface area contributed by atoms with Crippen LogP contribution in [0.15, 0.2) is 42.6 Å². The van der Waals surface area contributed by atoms with Crippen LogP contribution >= 0.6 is 11.3 Å². The smallest absolute Gasteiger partial charge is 0.304 e. The van der Waals surface area contributed by atoms with Gasteiger partial charge in [0, 0.05) is 54.1 Å². The van der Waals surface area contributed by atoms with Crippen molar-refractivity contribution in [3.05, 3.63) is 65.1 Å². The third-order valence-corrected chi connectivity index (χ3v) is 14.4. The molecule has 5 aliphatic rings. The lowest BCUT2D eigenvalue weighted by molar-refractivity contribution is -0.248. The van der Waals surface area contributed by atoms with Gasteiger partial charge in [0.2, 0.25) is 0 Å². The third-order valence-electron chi connectivity index (χ3n) is 13.5. The molecular formula is C44H55N9O5S. The second kappa shape index (κ2) is 14.9. The number of aliphatic hydroxyl groups is 2. The van der Waals surface area contributed by atoms with Gasteiger partial charge in [-0.15, -0.1) is 10.2 Å². The van der Waals surface area contributed by atoms with Crippen molar-refractivity contribution in [2.24, 2.45) is 16.2 Å². The molecule has 4 saturated carbocycles. The summed E-state index contributed by atoms with van der Waals surface area (Å²) in [6.45, 7) is 12.2. The first-order valence-electron chi connectivity index (χ1n) is 20.8. The van der Waals surface area contributed by atoms with Gasteiger partial charge >= 0.3 is 5.97 Å². The van der Waals surface area contributed by atoms with Gasteiger partial charge in [-0.1, -0.05) is 37.3 Å². The SMILES string of the molecule is Cc1c(Nc2nc3ccccc3s2)nnc2c1CCCN2c1ccc(-c2cnn(CC34CC5(C)CC(C)(C3)CC(OCCN(C)CCC(=O)O)(C5)C4)c2C)c(C(O)O)n1. The highest BCUT2D eigenvalue weighted by molar-refractivity contribution is 7.22. The Morgan fingerprint density at radius 3 is 2.51 bits per heavy atom. The molecule has 14 nitrogen and oxygen atoms in total. The van der Waals surface area contributed by atoms with Gasteiger partial charge in [-0.25, -0.2) is 9.97 Å². The first-order chi connectivity index (χ1) is 28.1. The van der Waals surface area contributed by atoms with E-state index in [1.54, 1.807) is 11.3 Å². The number of likely N-dealkylation sites (N-methyl/N-ethyl adjacent to an activating group) is 1. The second-order valence-electron chi connectivity index (χ2n) is 18.8. The number of anilines is 4. The van der Waals surface area contributed by atoms with Crippen LogP contribution in [0.25, 0.3) is 21.3 Å². The highest BCUT2D eigenvalue weighted by atomic mass is 32.1. The van der Waals surface area contributed by atoms with E-state index in [9.17, 15) is 15.0 Å². The summed E-state index contributed by atoms with van der Waals surface area (Å²) in [5.74, 6) is 1.19. The number of carboxylic acids is 1. The van der Waals surface area contributed by atoms with Gasteiger partial charge in [0.1, 0.15) is 11.5 Å². The average Bonchev–Trinajstić information content (AvgIpc) is 3.74. The summed E-state index contributed by atoms with van der Waals surface area (Å²) in [4.78, 5) is 24.8. The number of benzene rings is 1. The van der Waals surface area contributed by atoms with E-state index in [1.165, 1.54) is 6.42 Å². The number of nitrogens with zero attached hydrogens (tertiary/aromatic N) is 8. The fourth-order valence-electron chi connectivity index (χ4n) is 12.1. The van der Waals surface area contributed by atoms with Crippen LogP contribution in [0.1, 0.15) is 94.0 Å². The Labute approximate surface area is 348 Å². The van der Waals surface area contributed by atoms with Crippen LogP contribution in [0.5, 0.6) is 0 Å². The molecule has 312 valence electrons. The van der Waals surface area contributed by atoms with Gasteiger partial charge in [0.15, 0.2) is 23.1 Å². The Balaban J connectivity index is 0.950. The van der Waals surface area contributed by atoms with Crippen LogP contribution in [-0.4, -0.2) is 95.0 Å². The van der Waals surface area contributed by atoms with Gasteiger partial charge in [-0.3, -0.25) is 9.48 Å². The van der Waals surface area contributed by atoms with Gasteiger partial charge in [0.25, 0.3) is 0 Å². The minimum absolute atomic E-state index is 0.00747. The average molecular weight is 822 g/mol. The Morgan fingerprint density at radius 1 is 0.983 bits per heavy atom. The number of aliphatic carboxylic acids is 1. The van der Waals surface area contributed by atoms with Crippen molar-refractivity contribution >= 4 is 50.1 Å². The highest BCUT2D eigenvalue weighted by Gasteiger charge is 2.66. The lowest BCUT2D eigenvalue weighted by Crippen LogP contribution is -2.64.